The Hall–Kier alpha value is -1.96. The van der Waals surface area contributed by atoms with Crippen LogP contribution in [0.25, 0.3) is 0 Å². The molecule has 0 aliphatic carbocycles. The highest BCUT2D eigenvalue weighted by atomic mass is 32.2. The predicted octanol–water partition coefficient (Wildman–Crippen LogP) is 1.92. The molecule has 118 valence electrons. The molecule has 2 rings (SSSR count). The molecule has 0 aliphatic heterocycles. The summed E-state index contributed by atoms with van der Waals surface area (Å²) in [7, 11) is 1.71. The monoisotopic (exact) mass is 321 g/mol. The van der Waals surface area contributed by atoms with Crippen molar-refractivity contribution in [2.45, 2.75) is 44.6 Å². The average molecular weight is 321 g/mol. The van der Waals surface area contributed by atoms with Crippen LogP contribution in [0.2, 0.25) is 0 Å². The molecular weight excluding hydrogens is 302 g/mol. The summed E-state index contributed by atoms with van der Waals surface area (Å²) in [6.45, 7) is 7.69. The van der Waals surface area contributed by atoms with Crippen molar-refractivity contribution in [2.75, 3.05) is 7.05 Å². The zero-order chi connectivity index (χ0) is 16.3. The van der Waals surface area contributed by atoms with Gasteiger partial charge in [0.15, 0.2) is 11.0 Å². The van der Waals surface area contributed by atoms with Gasteiger partial charge in [-0.25, -0.2) is 9.97 Å². The van der Waals surface area contributed by atoms with E-state index in [9.17, 15) is 4.79 Å². The van der Waals surface area contributed by atoms with E-state index >= 15 is 0 Å². The number of carbonyl (C=O) groups is 1. The van der Waals surface area contributed by atoms with Crippen LogP contribution in [0.15, 0.2) is 15.7 Å². The zero-order valence-corrected chi connectivity index (χ0v) is 14.1. The van der Waals surface area contributed by atoms with Crippen molar-refractivity contribution in [3.8, 4) is 0 Å². The smallest absolute Gasteiger partial charge is 0.246 e. The van der Waals surface area contributed by atoms with Gasteiger partial charge in [-0.1, -0.05) is 16.9 Å². The fourth-order valence-electron chi connectivity index (χ4n) is 1.95. The molecule has 1 amide bonds. The molecular formula is C14H19N5O2S. The molecule has 2 aromatic heterocycles. The number of rotatable bonds is 5. The molecule has 0 aromatic carbocycles. The summed E-state index contributed by atoms with van der Waals surface area (Å²) in [5.41, 5.74) is 1.79. The van der Waals surface area contributed by atoms with E-state index in [1.165, 1.54) is 11.8 Å². The Morgan fingerprint density at radius 3 is 2.45 bits per heavy atom. The minimum Gasteiger partial charge on any atom is -0.337 e. The number of amides is 1. The highest BCUT2D eigenvalue weighted by Crippen LogP contribution is 2.21. The molecule has 0 saturated heterocycles. The molecule has 0 radical (unpaired) electrons. The number of hydrogen-bond acceptors (Lipinski definition) is 7. The first-order valence-corrected chi connectivity index (χ1v) is 7.76. The van der Waals surface area contributed by atoms with Gasteiger partial charge in [0.25, 0.3) is 0 Å². The van der Waals surface area contributed by atoms with Crippen LogP contribution in [0.5, 0.6) is 0 Å². The van der Waals surface area contributed by atoms with E-state index in [4.69, 9.17) is 4.52 Å². The van der Waals surface area contributed by atoms with Gasteiger partial charge < -0.3 is 9.42 Å². The lowest BCUT2D eigenvalue weighted by Gasteiger charge is -2.19. The summed E-state index contributed by atoms with van der Waals surface area (Å²) in [6, 6.07) is 1.90. The topological polar surface area (TPSA) is 85.0 Å². The van der Waals surface area contributed by atoms with Crippen LogP contribution >= 0.6 is 11.8 Å². The molecule has 22 heavy (non-hydrogen) atoms. The van der Waals surface area contributed by atoms with Crippen LogP contribution in [0.3, 0.4) is 0 Å². The van der Waals surface area contributed by atoms with Gasteiger partial charge in [-0.2, -0.15) is 4.98 Å². The van der Waals surface area contributed by atoms with E-state index in [1.54, 1.807) is 18.9 Å². The van der Waals surface area contributed by atoms with E-state index < -0.39 is 0 Å². The SMILES string of the molecule is Cc1cc(C)nc(S[C@@H](C)C(=O)N(C)Cc2nc(C)no2)n1. The number of aromatic nitrogens is 4. The van der Waals surface area contributed by atoms with E-state index in [0.29, 0.717) is 16.9 Å². The van der Waals surface area contributed by atoms with Crippen molar-refractivity contribution >= 4 is 17.7 Å². The maximum absolute atomic E-state index is 12.4. The lowest BCUT2D eigenvalue weighted by atomic mass is 10.4. The van der Waals surface area contributed by atoms with Crippen molar-refractivity contribution in [2.24, 2.45) is 0 Å². The van der Waals surface area contributed by atoms with E-state index in [2.05, 4.69) is 20.1 Å². The van der Waals surface area contributed by atoms with Crippen LogP contribution in [0.4, 0.5) is 0 Å². The third kappa shape index (κ3) is 4.27. The molecule has 7 nitrogen and oxygen atoms in total. The van der Waals surface area contributed by atoms with Crippen LogP contribution in [-0.2, 0) is 11.3 Å². The Morgan fingerprint density at radius 1 is 1.27 bits per heavy atom. The number of thioether (sulfide) groups is 1. The average Bonchev–Trinajstić information content (AvgIpc) is 2.81. The van der Waals surface area contributed by atoms with Crippen molar-refractivity contribution in [3.63, 3.8) is 0 Å². The third-order valence-electron chi connectivity index (χ3n) is 2.91. The van der Waals surface area contributed by atoms with E-state index in [0.717, 1.165) is 11.4 Å². The van der Waals surface area contributed by atoms with E-state index in [-0.39, 0.29) is 17.7 Å². The fraction of sp³-hybridized carbons (Fsp3) is 0.500. The Bertz CT molecular complexity index is 653. The van der Waals surface area contributed by atoms with Gasteiger partial charge in [0.05, 0.1) is 11.8 Å². The quantitative estimate of drug-likeness (QED) is 0.614. The standard InChI is InChI=1S/C14H19N5O2S/c1-8-6-9(2)16-14(15-8)22-10(3)13(20)19(5)7-12-17-11(4)18-21-12/h6,10H,7H2,1-5H3/t10-/m0/s1. The molecule has 0 aliphatic rings. The van der Waals surface area contributed by atoms with E-state index in [1.807, 2.05) is 26.8 Å². The second kappa shape index (κ2) is 6.87. The van der Waals surface area contributed by atoms with Gasteiger partial charge in [0.1, 0.15) is 0 Å². The fourth-order valence-corrected chi connectivity index (χ4v) is 2.94. The number of nitrogens with zero attached hydrogens (tertiary/aromatic N) is 5. The summed E-state index contributed by atoms with van der Waals surface area (Å²) in [5, 5.41) is 4.03. The second-order valence-electron chi connectivity index (χ2n) is 5.12. The molecule has 0 fully saturated rings. The Kier molecular flexibility index (Phi) is 5.12. The third-order valence-corrected chi connectivity index (χ3v) is 3.86. The van der Waals surface area contributed by atoms with Gasteiger partial charge in [-0.05, 0) is 33.8 Å². The van der Waals surface area contributed by atoms with Crippen molar-refractivity contribution in [1.29, 1.82) is 0 Å². The van der Waals surface area contributed by atoms with Crippen molar-refractivity contribution < 1.29 is 9.32 Å². The lowest BCUT2D eigenvalue weighted by Crippen LogP contribution is -2.33. The van der Waals surface area contributed by atoms with Crippen molar-refractivity contribution in [1.82, 2.24) is 25.0 Å². The predicted molar refractivity (Wildman–Crippen MR) is 82.3 cm³/mol. The molecule has 0 saturated carbocycles. The molecule has 1 atom stereocenters. The first-order chi connectivity index (χ1) is 10.3. The number of carbonyl (C=O) groups excluding carboxylic acids is 1. The molecule has 2 heterocycles. The van der Waals surface area contributed by atoms with Gasteiger partial charge in [-0.3, -0.25) is 4.79 Å². The number of hydrogen-bond donors (Lipinski definition) is 0. The summed E-state index contributed by atoms with van der Waals surface area (Å²) >= 11 is 1.34. The zero-order valence-electron chi connectivity index (χ0n) is 13.3. The van der Waals surface area contributed by atoms with Gasteiger partial charge in [0, 0.05) is 18.4 Å². The maximum atomic E-state index is 12.4. The largest absolute Gasteiger partial charge is 0.337 e. The first kappa shape index (κ1) is 16.4. The minimum atomic E-state index is -0.296. The van der Waals surface area contributed by atoms with Crippen LogP contribution in [-0.4, -0.2) is 43.2 Å². The first-order valence-electron chi connectivity index (χ1n) is 6.88. The molecule has 0 N–H and O–H groups in total. The molecule has 0 spiro atoms. The molecule has 2 aromatic rings. The summed E-state index contributed by atoms with van der Waals surface area (Å²) < 4.78 is 5.03. The van der Waals surface area contributed by atoms with Gasteiger partial charge >= 0.3 is 0 Å². The van der Waals surface area contributed by atoms with Gasteiger partial charge in [-0.15, -0.1) is 0 Å². The maximum Gasteiger partial charge on any atom is 0.246 e. The minimum absolute atomic E-state index is 0.0383. The highest BCUT2D eigenvalue weighted by molar-refractivity contribution is 8.00. The summed E-state index contributed by atoms with van der Waals surface area (Å²) in [4.78, 5) is 26.7. The number of aryl methyl sites for hydroxylation is 3. The van der Waals surface area contributed by atoms with Crippen LogP contribution in [0, 0.1) is 20.8 Å². The normalized spacial score (nSPS) is 12.2. The second-order valence-corrected chi connectivity index (χ2v) is 6.43. The lowest BCUT2D eigenvalue weighted by molar-refractivity contribution is -0.129. The molecule has 8 heteroatoms. The Labute approximate surface area is 133 Å². The Balaban J connectivity index is 1.98. The molecule has 0 unspecified atom stereocenters. The Morgan fingerprint density at radius 2 is 1.91 bits per heavy atom. The van der Waals surface area contributed by atoms with Crippen molar-refractivity contribution in [3.05, 3.63) is 29.2 Å². The molecule has 0 bridgehead atoms. The summed E-state index contributed by atoms with van der Waals surface area (Å²) in [6.07, 6.45) is 0. The van der Waals surface area contributed by atoms with Crippen LogP contribution in [0.1, 0.15) is 30.0 Å². The highest BCUT2D eigenvalue weighted by Gasteiger charge is 2.21. The van der Waals surface area contributed by atoms with Gasteiger partial charge in [0.2, 0.25) is 11.8 Å². The summed E-state index contributed by atoms with van der Waals surface area (Å²) in [5.74, 6) is 0.943. The van der Waals surface area contributed by atoms with Crippen LogP contribution < -0.4 is 0 Å².